The summed E-state index contributed by atoms with van der Waals surface area (Å²) < 4.78 is 0. The van der Waals surface area contributed by atoms with E-state index in [2.05, 4.69) is 16.8 Å². The van der Waals surface area contributed by atoms with Gasteiger partial charge < -0.3 is 10.6 Å². The van der Waals surface area contributed by atoms with Gasteiger partial charge in [-0.25, -0.2) is 0 Å². The Morgan fingerprint density at radius 1 is 1.17 bits per heavy atom. The molecule has 100 valence electrons. The van der Waals surface area contributed by atoms with Crippen molar-refractivity contribution >= 4 is 5.96 Å². The van der Waals surface area contributed by atoms with Gasteiger partial charge >= 0.3 is 0 Å². The standard InChI is InChI=1S/C15H25N3/c1-2-3-18-14(16)17-9-15(18)12-5-10-4-11(7-12)8-13(15)6-10/h10-13H,2-9H2,1H3,(H2,16,17). The molecule has 3 nitrogen and oxygen atoms in total. The number of rotatable bonds is 2. The Bertz CT molecular complexity index is 359. The van der Waals surface area contributed by atoms with Crippen LogP contribution in [-0.2, 0) is 0 Å². The molecule has 3 heteroatoms. The number of guanidine groups is 1. The zero-order valence-electron chi connectivity index (χ0n) is 11.4. The lowest BCUT2D eigenvalue weighted by Gasteiger charge is -2.62. The fourth-order valence-corrected chi connectivity index (χ4v) is 5.84. The van der Waals surface area contributed by atoms with Crippen molar-refractivity contribution in [2.24, 2.45) is 34.4 Å². The molecule has 0 amide bonds. The second kappa shape index (κ2) is 3.64. The van der Waals surface area contributed by atoms with Crippen LogP contribution in [0.4, 0.5) is 0 Å². The molecule has 0 unspecified atom stereocenters. The van der Waals surface area contributed by atoms with Gasteiger partial charge in [0.15, 0.2) is 5.96 Å². The molecule has 0 saturated heterocycles. The second-order valence-corrected chi connectivity index (χ2v) is 7.12. The number of hydrogen-bond acceptors (Lipinski definition) is 3. The maximum absolute atomic E-state index is 6.20. The first kappa shape index (κ1) is 11.1. The van der Waals surface area contributed by atoms with E-state index in [9.17, 15) is 0 Å². The van der Waals surface area contributed by atoms with Gasteiger partial charge in [-0.05, 0) is 62.2 Å². The second-order valence-electron chi connectivity index (χ2n) is 7.12. The van der Waals surface area contributed by atoms with Crippen LogP contribution < -0.4 is 5.73 Å². The van der Waals surface area contributed by atoms with E-state index < -0.39 is 0 Å². The summed E-state index contributed by atoms with van der Waals surface area (Å²) in [5.41, 5.74) is 6.54. The van der Waals surface area contributed by atoms with Crippen molar-refractivity contribution < 1.29 is 0 Å². The van der Waals surface area contributed by atoms with Crippen LogP contribution in [0.3, 0.4) is 0 Å². The predicted molar refractivity (Wildman–Crippen MR) is 73.3 cm³/mol. The Hall–Kier alpha value is -0.730. The van der Waals surface area contributed by atoms with Gasteiger partial charge in [-0.1, -0.05) is 6.92 Å². The SMILES string of the molecule is CCCN1C(N)=NCC12C1CC3CC(C1)CC2C3. The molecule has 1 heterocycles. The third-order valence-electron chi connectivity index (χ3n) is 6.27. The highest BCUT2D eigenvalue weighted by Gasteiger charge is 2.61. The number of aliphatic imine (C=N–C) groups is 1. The van der Waals surface area contributed by atoms with Crippen LogP contribution in [0.2, 0.25) is 0 Å². The summed E-state index contributed by atoms with van der Waals surface area (Å²) in [6.45, 7) is 4.36. The van der Waals surface area contributed by atoms with Crippen LogP contribution in [0.25, 0.3) is 0 Å². The van der Waals surface area contributed by atoms with E-state index in [0.717, 1.165) is 42.7 Å². The van der Waals surface area contributed by atoms with Crippen molar-refractivity contribution in [1.29, 1.82) is 0 Å². The van der Waals surface area contributed by atoms with E-state index in [0.29, 0.717) is 5.54 Å². The van der Waals surface area contributed by atoms with Crippen LogP contribution in [0.1, 0.15) is 45.4 Å². The number of nitrogens with zero attached hydrogens (tertiary/aromatic N) is 2. The Morgan fingerprint density at radius 2 is 1.78 bits per heavy atom. The van der Waals surface area contributed by atoms with Gasteiger partial charge in [0.25, 0.3) is 0 Å². The molecule has 2 N–H and O–H groups in total. The van der Waals surface area contributed by atoms with Crippen molar-refractivity contribution in [3.63, 3.8) is 0 Å². The number of nitrogens with two attached hydrogens (primary N) is 1. The summed E-state index contributed by atoms with van der Waals surface area (Å²) in [4.78, 5) is 7.17. The number of hydrogen-bond donors (Lipinski definition) is 1. The van der Waals surface area contributed by atoms with Gasteiger partial charge in [-0.2, -0.15) is 0 Å². The molecule has 4 bridgehead atoms. The van der Waals surface area contributed by atoms with Crippen LogP contribution in [0, 0.1) is 23.7 Å². The largest absolute Gasteiger partial charge is 0.370 e. The average Bonchev–Trinajstić information content (AvgIpc) is 2.66. The van der Waals surface area contributed by atoms with E-state index in [1.165, 1.54) is 38.5 Å². The van der Waals surface area contributed by atoms with Crippen molar-refractivity contribution in [1.82, 2.24) is 4.90 Å². The fraction of sp³-hybridized carbons (Fsp3) is 0.933. The molecule has 1 aliphatic heterocycles. The molecule has 4 saturated carbocycles. The smallest absolute Gasteiger partial charge is 0.191 e. The van der Waals surface area contributed by atoms with E-state index >= 15 is 0 Å². The predicted octanol–water partition coefficient (Wildman–Crippen LogP) is 2.22. The minimum atomic E-state index is 0.341. The lowest BCUT2D eigenvalue weighted by molar-refractivity contribution is -0.101. The molecule has 4 aliphatic carbocycles. The van der Waals surface area contributed by atoms with Crippen molar-refractivity contribution in [2.75, 3.05) is 13.1 Å². The summed E-state index contributed by atoms with van der Waals surface area (Å²) in [7, 11) is 0. The molecular weight excluding hydrogens is 222 g/mol. The molecule has 0 aromatic rings. The third-order valence-corrected chi connectivity index (χ3v) is 6.27. The van der Waals surface area contributed by atoms with E-state index in [1.54, 1.807) is 0 Å². The summed E-state index contributed by atoms with van der Waals surface area (Å²) >= 11 is 0. The van der Waals surface area contributed by atoms with Gasteiger partial charge in [0.2, 0.25) is 0 Å². The monoisotopic (exact) mass is 247 g/mol. The molecule has 1 spiro atoms. The highest BCUT2D eigenvalue weighted by molar-refractivity contribution is 5.81. The Morgan fingerprint density at radius 3 is 2.33 bits per heavy atom. The van der Waals surface area contributed by atoms with Gasteiger partial charge in [-0.3, -0.25) is 4.99 Å². The van der Waals surface area contributed by atoms with Crippen LogP contribution in [0.5, 0.6) is 0 Å². The summed E-state index contributed by atoms with van der Waals surface area (Å²) in [5.74, 6) is 4.66. The van der Waals surface area contributed by atoms with Gasteiger partial charge in [-0.15, -0.1) is 0 Å². The first-order valence-corrected chi connectivity index (χ1v) is 7.81. The Balaban J connectivity index is 1.70. The molecule has 0 atom stereocenters. The highest BCUT2D eigenvalue weighted by atomic mass is 15.4. The van der Waals surface area contributed by atoms with Crippen molar-refractivity contribution in [3.05, 3.63) is 0 Å². The first-order chi connectivity index (χ1) is 8.74. The average molecular weight is 247 g/mol. The first-order valence-electron chi connectivity index (χ1n) is 7.81. The Kier molecular flexibility index (Phi) is 2.25. The highest BCUT2D eigenvalue weighted by Crippen LogP contribution is 2.61. The normalized spacial score (nSPS) is 49.2. The summed E-state index contributed by atoms with van der Waals surface area (Å²) in [5, 5.41) is 0. The third kappa shape index (κ3) is 1.23. The maximum Gasteiger partial charge on any atom is 0.191 e. The maximum atomic E-state index is 6.20. The Labute approximate surface area is 110 Å². The lowest BCUT2D eigenvalue weighted by Crippen LogP contribution is -2.67. The van der Waals surface area contributed by atoms with E-state index in [1.807, 2.05) is 0 Å². The van der Waals surface area contributed by atoms with Gasteiger partial charge in [0, 0.05) is 6.54 Å². The fourth-order valence-electron chi connectivity index (χ4n) is 5.84. The molecule has 0 aromatic carbocycles. The van der Waals surface area contributed by atoms with Gasteiger partial charge in [0.05, 0.1) is 12.1 Å². The molecule has 5 rings (SSSR count). The van der Waals surface area contributed by atoms with Gasteiger partial charge in [0.1, 0.15) is 0 Å². The van der Waals surface area contributed by atoms with Crippen LogP contribution >= 0.6 is 0 Å². The zero-order valence-corrected chi connectivity index (χ0v) is 11.4. The molecule has 18 heavy (non-hydrogen) atoms. The summed E-state index contributed by atoms with van der Waals surface area (Å²) in [6, 6.07) is 0. The van der Waals surface area contributed by atoms with Crippen LogP contribution in [-0.4, -0.2) is 29.5 Å². The molecule has 0 radical (unpaired) electrons. The van der Waals surface area contributed by atoms with Crippen LogP contribution in [0.15, 0.2) is 4.99 Å². The quantitative estimate of drug-likeness (QED) is 0.813. The van der Waals surface area contributed by atoms with E-state index in [-0.39, 0.29) is 0 Å². The van der Waals surface area contributed by atoms with E-state index in [4.69, 9.17) is 5.73 Å². The molecule has 0 aromatic heterocycles. The summed E-state index contributed by atoms with van der Waals surface area (Å²) in [6.07, 6.45) is 8.52. The van der Waals surface area contributed by atoms with Crippen molar-refractivity contribution in [2.45, 2.75) is 51.0 Å². The zero-order chi connectivity index (χ0) is 12.3. The topological polar surface area (TPSA) is 41.6 Å². The lowest BCUT2D eigenvalue weighted by atomic mass is 9.48. The molecule has 4 fully saturated rings. The minimum absolute atomic E-state index is 0.341. The minimum Gasteiger partial charge on any atom is -0.370 e. The van der Waals surface area contributed by atoms with Crippen molar-refractivity contribution in [3.8, 4) is 0 Å². The molecule has 5 aliphatic rings. The molecular formula is C15H25N3.